The fourth-order valence-electron chi connectivity index (χ4n) is 0.800. The first-order valence-electron chi connectivity index (χ1n) is 5.93. The normalized spacial score (nSPS) is 5.63. The maximum Gasteiger partial charge on any atom is 2.00 e. The number of H-pyrrole nitrogens is 2. The van der Waals surface area contributed by atoms with Crippen LogP contribution >= 0.6 is 48.9 Å². The van der Waals surface area contributed by atoms with E-state index in [1.165, 1.54) is 20.6 Å². The average Bonchev–Trinajstić information content (AvgIpc) is 2.60. The van der Waals surface area contributed by atoms with E-state index >= 15 is 0 Å². The Kier molecular flexibility index (Phi) is 51.4. The summed E-state index contributed by atoms with van der Waals surface area (Å²) in [5.74, 6) is 0. The third-order valence-corrected chi connectivity index (χ3v) is 1.49. The molecule has 0 aromatic carbocycles. The molecule has 143 valence electrons. The standard InChI is InChI=1S/2C5H6N2.4CNS.Co/c2*6-5-1-3-7-4-2-5;4*2-1-3;/h2*1-4H,(H2,6,7);;;;;/q;;4*-1;+2/p+2. The van der Waals surface area contributed by atoms with Gasteiger partial charge in [0.2, 0.25) is 0 Å². The summed E-state index contributed by atoms with van der Waals surface area (Å²) < 4.78 is 0. The SMILES string of the molecule is Nc1cc[nH+]cc1.Nc1cc[nH+]cc1.[Co+2].[N-]=C=S.[N-]=C=S.[N-]=C=S.[N-]=C=S. The number of hydrogen-bond donors (Lipinski definition) is 2. The van der Waals surface area contributed by atoms with Gasteiger partial charge in [0.05, 0.1) is 0 Å². The number of nitrogens with two attached hydrogens (primary N) is 2. The van der Waals surface area contributed by atoms with E-state index in [0.29, 0.717) is 0 Å². The van der Waals surface area contributed by atoms with Gasteiger partial charge in [0.25, 0.3) is 0 Å². The van der Waals surface area contributed by atoms with Crippen molar-refractivity contribution >= 4 is 80.9 Å². The van der Waals surface area contributed by atoms with Crippen molar-refractivity contribution in [1.82, 2.24) is 0 Å². The third-order valence-electron chi connectivity index (χ3n) is 1.49. The molecule has 0 atom stereocenters. The molecule has 6 N–H and O–H groups in total. The minimum atomic E-state index is 0. The van der Waals surface area contributed by atoms with Gasteiger partial charge in [0, 0.05) is 35.6 Å². The number of pyridine rings is 2. The second-order valence-electron chi connectivity index (χ2n) is 3.03. The molecule has 0 unspecified atom stereocenters. The van der Waals surface area contributed by atoms with E-state index in [4.69, 9.17) is 33.1 Å². The van der Waals surface area contributed by atoms with E-state index in [1.54, 1.807) is 49.1 Å². The minimum absolute atomic E-state index is 0. The number of rotatable bonds is 0. The Morgan fingerprint density at radius 1 is 0.593 bits per heavy atom. The van der Waals surface area contributed by atoms with E-state index in [1.807, 2.05) is 0 Å². The van der Waals surface area contributed by atoms with E-state index in [-0.39, 0.29) is 16.8 Å². The summed E-state index contributed by atoms with van der Waals surface area (Å²) in [6, 6.07) is 7.22. The predicted molar refractivity (Wildman–Crippen MR) is 119 cm³/mol. The van der Waals surface area contributed by atoms with Crippen molar-refractivity contribution in [3.8, 4) is 0 Å². The van der Waals surface area contributed by atoms with E-state index in [9.17, 15) is 0 Å². The molecule has 0 aliphatic carbocycles. The van der Waals surface area contributed by atoms with Crippen LogP contribution in [-0.2, 0) is 16.8 Å². The second kappa shape index (κ2) is 38.9. The first-order valence-corrected chi connectivity index (χ1v) is 7.56. The number of aromatic amines is 2. The van der Waals surface area contributed by atoms with Crippen LogP contribution in [0.25, 0.3) is 21.6 Å². The zero-order valence-electron chi connectivity index (χ0n) is 13.5. The van der Waals surface area contributed by atoms with Crippen LogP contribution in [0.4, 0.5) is 11.4 Å². The number of anilines is 2. The zero-order chi connectivity index (χ0) is 21.1. The van der Waals surface area contributed by atoms with Crippen LogP contribution in [0, 0.1) is 0 Å². The van der Waals surface area contributed by atoms with Crippen LogP contribution in [0.2, 0.25) is 0 Å². The summed E-state index contributed by atoms with van der Waals surface area (Å²) in [5, 5.41) is 33.9. The second-order valence-corrected chi connectivity index (χ2v) is 3.76. The molecular formula is C14H14CoN8S4. The number of thiocarbonyl (C=S) groups is 4. The van der Waals surface area contributed by atoms with Gasteiger partial charge in [0.1, 0.15) is 0 Å². The van der Waals surface area contributed by atoms with Crippen molar-refractivity contribution in [1.29, 1.82) is 0 Å². The summed E-state index contributed by atoms with van der Waals surface area (Å²) in [5.41, 5.74) is 12.3. The Balaban J connectivity index is -0.0000000758. The molecule has 0 fully saturated rings. The van der Waals surface area contributed by atoms with Gasteiger partial charge < -0.3 is 33.1 Å². The Labute approximate surface area is 189 Å². The van der Waals surface area contributed by atoms with E-state index in [2.05, 4.69) is 58.8 Å². The summed E-state index contributed by atoms with van der Waals surface area (Å²) in [4.78, 5) is 5.71. The molecule has 2 rings (SSSR count). The summed E-state index contributed by atoms with van der Waals surface area (Å²) >= 11 is 14.8. The van der Waals surface area contributed by atoms with Crippen molar-refractivity contribution in [2.75, 3.05) is 11.5 Å². The first-order chi connectivity index (χ1) is 12.4. The van der Waals surface area contributed by atoms with Crippen molar-refractivity contribution in [3.63, 3.8) is 0 Å². The van der Waals surface area contributed by atoms with Crippen molar-refractivity contribution in [2.45, 2.75) is 0 Å². The topological polar surface area (TPSA) is 170 Å². The molecule has 0 aliphatic rings. The smallest absolute Gasteiger partial charge is 0.753 e. The molecule has 0 spiro atoms. The summed E-state index contributed by atoms with van der Waals surface area (Å²) in [6.07, 6.45) is 7.15. The molecule has 2 aromatic heterocycles. The molecule has 0 bridgehead atoms. The van der Waals surface area contributed by atoms with Crippen LogP contribution in [0.3, 0.4) is 0 Å². The molecule has 0 saturated heterocycles. The molecule has 0 amide bonds. The number of nitrogen functional groups attached to an aromatic ring is 2. The zero-order valence-corrected chi connectivity index (χ0v) is 17.8. The Bertz CT molecular complexity index is 591. The fourth-order valence-corrected chi connectivity index (χ4v) is 0.800. The van der Waals surface area contributed by atoms with Gasteiger partial charge in [-0.2, -0.15) is 20.6 Å². The molecule has 8 nitrogen and oxygen atoms in total. The molecule has 2 heterocycles. The quantitative estimate of drug-likeness (QED) is 0.433. The van der Waals surface area contributed by atoms with Gasteiger partial charge in [-0.25, -0.2) is 9.97 Å². The molecule has 13 heteroatoms. The molecule has 1 radical (unpaired) electrons. The monoisotopic (exact) mass is 481 g/mol. The predicted octanol–water partition coefficient (Wildman–Crippen LogP) is 2.80. The Morgan fingerprint density at radius 3 is 0.815 bits per heavy atom. The van der Waals surface area contributed by atoms with Crippen LogP contribution < -0.4 is 21.4 Å². The fraction of sp³-hybridized carbons (Fsp3) is 0. The number of aromatic nitrogens is 2. The molecule has 0 aliphatic heterocycles. The largest absolute Gasteiger partial charge is 2.00 e. The van der Waals surface area contributed by atoms with Crippen molar-refractivity contribution < 1.29 is 26.7 Å². The summed E-state index contributed by atoms with van der Waals surface area (Å²) in [6.45, 7) is 0. The summed E-state index contributed by atoms with van der Waals surface area (Å²) in [7, 11) is 0. The van der Waals surface area contributed by atoms with Gasteiger partial charge in [-0.3, -0.25) is 0 Å². The van der Waals surface area contributed by atoms with Crippen LogP contribution in [0.1, 0.15) is 0 Å². The van der Waals surface area contributed by atoms with Gasteiger partial charge >= 0.3 is 16.8 Å². The molecule has 27 heavy (non-hydrogen) atoms. The number of nitrogens with one attached hydrogen (secondary N) is 2. The van der Waals surface area contributed by atoms with Crippen molar-refractivity contribution in [3.05, 3.63) is 70.7 Å². The maximum atomic E-state index is 7.13. The van der Waals surface area contributed by atoms with E-state index in [0.717, 1.165) is 11.4 Å². The van der Waals surface area contributed by atoms with E-state index < -0.39 is 0 Å². The molecule has 2 aromatic rings. The van der Waals surface area contributed by atoms with Crippen LogP contribution in [0.15, 0.2) is 49.1 Å². The number of isothiocyanates is 4. The van der Waals surface area contributed by atoms with Gasteiger partial charge in [-0.15, -0.1) is 0 Å². The van der Waals surface area contributed by atoms with Gasteiger partial charge in [-0.05, 0) is 0 Å². The maximum absolute atomic E-state index is 7.13. The number of nitrogens with zero attached hydrogens (tertiary/aromatic N) is 4. The van der Waals surface area contributed by atoms with Crippen molar-refractivity contribution in [2.24, 2.45) is 0 Å². The third kappa shape index (κ3) is 59.5. The van der Waals surface area contributed by atoms with Crippen LogP contribution in [-0.4, -0.2) is 20.6 Å². The van der Waals surface area contributed by atoms with Crippen LogP contribution in [0.5, 0.6) is 0 Å². The first kappa shape index (κ1) is 35.7. The van der Waals surface area contributed by atoms with Gasteiger partial charge in [0.15, 0.2) is 24.8 Å². The molecular weight excluding hydrogens is 467 g/mol. The average molecular weight is 482 g/mol. The number of hydrogen-bond acceptors (Lipinski definition) is 6. The Morgan fingerprint density at radius 2 is 0.741 bits per heavy atom. The molecule has 0 saturated carbocycles. The van der Waals surface area contributed by atoms with Gasteiger partial charge in [-0.1, -0.05) is 48.9 Å². The Hall–Kier alpha value is -2.39. The minimum Gasteiger partial charge on any atom is -0.753 e.